The first kappa shape index (κ1) is 20.1. The predicted octanol–water partition coefficient (Wildman–Crippen LogP) is 3.10. The lowest BCUT2D eigenvalue weighted by Crippen LogP contribution is -2.51. The summed E-state index contributed by atoms with van der Waals surface area (Å²) in [6, 6.07) is 6.59. The first-order chi connectivity index (χ1) is 13.8. The smallest absolute Gasteiger partial charge is 0.319 e. The quantitative estimate of drug-likeness (QED) is 0.716. The number of ether oxygens (including phenoxy) is 2. The lowest BCUT2D eigenvalue weighted by molar-refractivity contribution is -0.119. The van der Waals surface area contributed by atoms with Crippen molar-refractivity contribution in [2.24, 2.45) is 5.92 Å². The number of benzene rings is 2. The fourth-order valence-corrected chi connectivity index (χ4v) is 3.13. The molecule has 1 aliphatic rings. The third-order valence-electron chi connectivity index (χ3n) is 4.51. The highest BCUT2D eigenvalue weighted by Gasteiger charge is 2.39. The topological polar surface area (TPSA) is 88.7 Å². The largest absolute Gasteiger partial charge is 0.497 e. The molecule has 3 N–H and O–H groups in total. The van der Waals surface area contributed by atoms with E-state index >= 15 is 0 Å². The Morgan fingerprint density at radius 2 is 1.86 bits per heavy atom. The number of urea groups is 1. The monoisotopic (exact) mass is 403 g/mol. The van der Waals surface area contributed by atoms with E-state index in [9.17, 15) is 18.4 Å². The molecular formula is C20H19F2N3O4. The molecule has 152 valence electrons. The van der Waals surface area contributed by atoms with E-state index in [1.54, 1.807) is 18.2 Å². The Bertz CT molecular complexity index is 980. The fraction of sp³-hybridized carbons (Fsp3) is 0.200. The lowest BCUT2D eigenvalue weighted by atomic mass is 9.87. The van der Waals surface area contributed by atoms with Gasteiger partial charge in [-0.15, -0.1) is 0 Å². The summed E-state index contributed by atoms with van der Waals surface area (Å²) in [7, 11) is 2.94. The van der Waals surface area contributed by atoms with E-state index in [-0.39, 0.29) is 11.4 Å². The Morgan fingerprint density at radius 1 is 1.10 bits per heavy atom. The number of amides is 3. The molecule has 2 aromatic carbocycles. The van der Waals surface area contributed by atoms with Gasteiger partial charge in [-0.05, 0) is 30.3 Å². The van der Waals surface area contributed by atoms with Crippen molar-refractivity contribution in [3.63, 3.8) is 0 Å². The number of carbonyl (C=O) groups excluding carboxylic acids is 2. The Labute approximate surface area is 165 Å². The summed E-state index contributed by atoms with van der Waals surface area (Å²) in [5.74, 6) is -2.75. The maximum Gasteiger partial charge on any atom is 0.319 e. The minimum atomic E-state index is -1.09. The number of hydrogen-bond donors (Lipinski definition) is 3. The molecule has 1 aliphatic heterocycles. The van der Waals surface area contributed by atoms with Crippen LogP contribution in [0.1, 0.15) is 11.6 Å². The molecule has 0 aliphatic carbocycles. The molecular weight excluding hydrogens is 384 g/mol. The highest BCUT2D eigenvalue weighted by molar-refractivity contribution is 5.97. The number of rotatable bonds is 5. The predicted molar refractivity (Wildman–Crippen MR) is 102 cm³/mol. The van der Waals surface area contributed by atoms with E-state index in [1.807, 2.05) is 0 Å². The van der Waals surface area contributed by atoms with Gasteiger partial charge >= 0.3 is 6.03 Å². The van der Waals surface area contributed by atoms with Crippen molar-refractivity contribution in [1.29, 1.82) is 0 Å². The third kappa shape index (κ3) is 4.13. The number of halogens is 2. The van der Waals surface area contributed by atoms with Gasteiger partial charge in [0.05, 0.1) is 20.3 Å². The standard InChI is InChI=1S/C20H19F2N3O4/c1-10-17(19(26)24-11-4-6-14(21)15(22)8-11)18(25-20(27)23-10)13-9-12(28-2)5-7-16(13)29-3/h4-9,17-18H,1H2,2-3H3,(H,24,26)(H2,23,25,27)/t17-,18+/m1/s1. The molecule has 2 aromatic rings. The Morgan fingerprint density at radius 3 is 2.52 bits per heavy atom. The van der Waals surface area contributed by atoms with Crippen molar-refractivity contribution in [2.45, 2.75) is 6.04 Å². The molecule has 3 amide bonds. The molecule has 0 radical (unpaired) electrons. The summed E-state index contributed by atoms with van der Waals surface area (Å²) in [6.45, 7) is 3.78. The van der Waals surface area contributed by atoms with Crippen LogP contribution in [0.5, 0.6) is 11.5 Å². The van der Waals surface area contributed by atoms with Crippen LogP contribution in [0, 0.1) is 17.6 Å². The van der Waals surface area contributed by atoms with Crippen LogP contribution in [-0.2, 0) is 4.79 Å². The first-order valence-electron chi connectivity index (χ1n) is 8.58. The maximum absolute atomic E-state index is 13.5. The summed E-state index contributed by atoms with van der Waals surface area (Å²) in [5, 5.41) is 7.68. The second kappa shape index (κ2) is 8.17. The number of carbonyl (C=O) groups is 2. The minimum absolute atomic E-state index is 0.0648. The van der Waals surface area contributed by atoms with Gasteiger partial charge in [0.15, 0.2) is 11.6 Å². The van der Waals surface area contributed by atoms with Crippen LogP contribution in [0.2, 0.25) is 0 Å². The summed E-state index contributed by atoms with van der Waals surface area (Å²) in [6.07, 6.45) is 0. The molecule has 9 heteroatoms. The first-order valence-corrected chi connectivity index (χ1v) is 8.58. The Kier molecular flexibility index (Phi) is 5.67. The zero-order valence-corrected chi connectivity index (χ0v) is 15.7. The Hall–Kier alpha value is -3.62. The van der Waals surface area contributed by atoms with Gasteiger partial charge in [0.2, 0.25) is 5.91 Å². The molecule has 7 nitrogen and oxygen atoms in total. The lowest BCUT2D eigenvalue weighted by Gasteiger charge is -2.34. The van der Waals surface area contributed by atoms with Crippen molar-refractivity contribution in [2.75, 3.05) is 19.5 Å². The van der Waals surface area contributed by atoms with Crippen LogP contribution in [0.4, 0.5) is 19.3 Å². The van der Waals surface area contributed by atoms with Crippen LogP contribution in [0.25, 0.3) is 0 Å². The molecule has 1 heterocycles. The molecule has 3 rings (SSSR count). The van der Waals surface area contributed by atoms with Crippen LogP contribution in [-0.4, -0.2) is 26.2 Å². The molecule has 0 spiro atoms. The second-order valence-electron chi connectivity index (χ2n) is 6.31. The summed E-state index contributed by atoms with van der Waals surface area (Å²) in [4.78, 5) is 25.0. The van der Waals surface area contributed by atoms with Gasteiger partial charge < -0.3 is 25.4 Å². The average Bonchev–Trinajstić information content (AvgIpc) is 2.69. The summed E-state index contributed by atoms with van der Waals surface area (Å²) >= 11 is 0. The number of anilines is 1. The summed E-state index contributed by atoms with van der Waals surface area (Å²) in [5.41, 5.74) is 0.701. The Balaban J connectivity index is 1.98. The number of methoxy groups -OCH3 is 2. The van der Waals surface area contributed by atoms with Crippen molar-refractivity contribution >= 4 is 17.6 Å². The zero-order valence-electron chi connectivity index (χ0n) is 15.7. The molecule has 1 saturated heterocycles. The van der Waals surface area contributed by atoms with Crippen molar-refractivity contribution in [1.82, 2.24) is 10.6 Å². The van der Waals surface area contributed by atoms with Crippen molar-refractivity contribution < 1.29 is 27.8 Å². The molecule has 0 unspecified atom stereocenters. The van der Waals surface area contributed by atoms with Gasteiger partial charge in [0, 0.05) is 23.0 Å². The van der Waals surface area contributed by atoms with Gasteiger partial charge in [-0.3, -0.25) is 4.79 Å². The van der Waals surface area contributed by atoms with Crippen LogP contribution in [0.3, 0.4) is 0 Å². The van der Waals surface area contributed by atoms with Crippen LogP contribution < -0.4 is 25.4 Å². The number of hydrogen-bond acceptors (Lipinski definition) is 4. The SMILES string of the molecule is C=C1NC(=O)N[C@@H](c2cc(OC)ccc2OC)[C@@H]1C(=O)Nc1ccc(F)c(F)c1. The van der Waals surface area contributed by atoms with E-state index < -0.39 is 35.5 Å². The van der Waals surface area contributed by atoms with Crippen LogP contribution >= 0.6 is 0 Å². The van der Waals surface area contributed by atoms with Gasteiger partial charge in [0.25, 0.3) is 0 Å². The molecule has 1 fully saturated rings. The van der Waals surface area contributed by atoms with Gasteiger partial charge in [-0.25, -0.2) is 13.6 Å². The van der Waals surface area contributed by atoms with Crippen LogP contribution in [0.15, 0.2) is 48.7 Å². The zero-order chi connectivity index (χ0) is 21.1. The summed E-state index contributed by atoms with van der Waals surface area (Å²) < 4.78 is 37.2. The van der Waals surface area contributed by atoms with E-state index in [0.29, 0.717) is 17.1 Å². The fourth-order valence-electron chi connectivity index (χ4n) is 3.13. The third-order valence-corrected chi connectivity index (χ3v) is 4.51. The highest BCUT2D eigenvalue weighted by atomic mass is 19.2. The second-order valence-corrected chi connectivity index (χ2v) is 6.31. The van der Waals surface area contributed by atoms with Gasteiger partial charge in [-0.1, -0.05) is 6.58 Å². The van der Waals surface area contributed by atoms with E-state index in [2.05, 4.69) is 22.5 Å². The van der Waals surface area contributed by atoms with E-state index in [1.165, 1.54) is 20.3 Å². The molecule has 2 atom stereocenters. The van der Waals surface area contributed by atoms with Crippen molar-refractivity contribution in [3.8, 4) is 11.5 Å². The van der Waals surface area contributed by atoms with Gasteiger partial charge in [0.1, 0.15) is 17.4 Å². The molecule has 0 bridgehead atoms. The van der Waals surface area contributed by atoms with Gasteiger partial charge in [-0.2, -0.15) is 0 Å². The number of nitrogens with one attached hydrogen (secondary N) is 3. The minimum Gasteiger partial charge on any atom is -0.497 e. The highest BCUT2D eigenvalue weighted by Crippen LogP contribution is 2.37. The normalized spacial score (nSPS) is 18.5. The van der Waals surface area contributed by atoms with Crippen molar-refractivity contribution in [3.05, 3.63) is 65.9 Å². The molecule has 0 saturated carbocycles. The average molecular weight is 403 g/mol. The molecule has 29 heavy (non-hydrogen) atoms. The van der Waals surface area contributed by atoms with E-state index in [4.69, 9.17) is 9.47 Å². The molecule has 0 aromatic heterocycles. The van der Waals surface area contributed by atoms with E-state index in [0.717, 1.165) is 12.1 Å². The maximum atomic E-state index is 13.5.